The molecule has 0 amide bonds. The molecule has 30 heavy (non-hydrogen) atoms. The van der Waals surface area contributed by atoms with Crippen molar-refractivity contribution in [3.8, 4) is 11.3 Å². The summed E-state index contributed by atoms with van der Waals surface area (Å²) in [5, 5.41) is 1.05. The van der Waals surface area contributed by atoms with E-state index in [1.807, 2.05) is 58.4 Å². The van der Waals surface area contributed by atoms with E-state index < -0.39 is 18.6 Å². The Labute approximate surface area is 185 Å². The van der Waals surface area contributed by atoms with Gasteiger partial charge in [-0.25, -0.2) is 4.85 Å². The number of hydrogen-bond donors (Lipinski definition) is 0. The zero-order valence-electron chi connectivity index (χ0n) is 23.3. The van der Waals surface area contributed by atoms with Gasteiger partial charge in [-0.15, -0.1) is 0 Å². The lowest BCUT2D eigenvalue weighted by atomic mass is 9.87. The van der Waals surface area contributed by atoms with Crippen molar-refractivity contribution in [1.82, 2.24) is 0 Å². The highest BCUT2D eigenvalue weighted by Gasteiger charge is 2.25. The number of fused-ring (bicyclic) bond motifs is 3. The number of aryl methyl sites for hydroxylation is 3. The van der Waals surface area contributed by atoms with E-state index in [1.54, 1.807) is 24.3 Å². The van der Waals surface area contributed by atoms with Crippen molar-refractivity contribution >= 4 is 27.6 Å². The van der Waals surface area contributed by atoms with Crippen molar-refractivity contribution in [1.29, 1.82) is 0 Å². The van der Waals surface area contributed by atoms with Gasteiger partial charge in [-0.05, 0) is 42.3 Å². The first-order valence-corrected chi connectivity index (χ1v) is 9.98. The summed E-state index contributed by atoms with van der Waals surface area (Å²) in [6.45, 7) is 14.6. The number of nitrogens with zero attached hydrogens (tertiary/aromatic N) is 2. The van der Waals surface area contributed by atoms with Gasteiger partial charge >= 0.3 is 0 Å². The minimum absolute atomic E-state index is 0.176. The van der Waals surface area contributed by atoms with Crippen molar-refractivity contribution in [2.45, 2.75) is 47.8 Å². The normalized spacial score (nSPS) is 15.3. The van der Waals surface area contributed by atoms with Gasteiger partial charge in [-0.1, -0.05) is 45.0 Å². The van der Waals surface area contributed by atoms with Gasteiger partial charge in [-0.2, -0.15) is 4.57 Å². The highest BCUT2D eigenvalue weighted by atomic mass is 16.3. The Bertz CT molecular complexity index is 1530. The first-order chi connectivity index (χ1) is 16.1. The zero-order valence-corrected chi connectivity index (χ0v) is 18.3. The van der Waals surface area contributed by atoms with Crippen molar-refractivity contribution in [2.75, 3.05) is 0 Å². The summed E-state index contributed by atoms with van der Waals surface area (Å²) in [6, 6.07) is 10.5. The minimum Gasteiger partial charge on any atom is -0.466 e. The average Bonchev–Trinajstić information content (AvgIpc) is 3.13. The van der Waals surface area contributed by atoms with Gasteiger partial charge in [-0.3, -0.25) is 0 Å². The van der Waals surface area contributed by atoms with E-state index >= 15 is 0 Å². The Balaban J connectivity index is 2.20. The number of pyridine rings is 1. The molecule has 0 bridgehead atoms. The van der Waals surface area contributed by atoms with Crippen LogP contribution >= 0.6 is 0 Å². The Morgan fingerprint density at radius 3 is 2.57 bits per heavy atom. The summed E-state index contributed by atoms with van der Waals surface area (Å²) in [5.41, 5.74) is 4.12. The smallest absolute Gasteiger partial charge is 0.229 e. The largest absolute Gasteiger partial charge is 0.466 e. The molecule has 4 rings (SSSR count). The molecule has 0 N–H and O–H groups in total. The second kappa shape index (κ2) is 6.99. The van der Waals surface area contributed by atoms with Gasteiger partial charge in [0, 0.05) is 36.7 Å². The van der Waals surface area contributed by atoms with Crippen LogP contribution in [-0.2, 0) is 13.4 Å². The summed E-state index contributed by atoms with van der Waals surface area (Å²) >= 11 is 0. The maximum atomic E-state index is 8.84. The monoisotopic (exact) mass is 402 g/mol. The van der Waals surface area contributed by atoms with Crippen LogP contribution in [0.3, 0.4) is 0 Å². The summed E-state index contributed by atoms with van der Waals surface area (Å²) in [5.74, 6) is 0. The highest BCUT2D eigenvalue weighted by molar-refractivity contribution is 6.14. The Hall–Kier alpha value is -3.12. The van der Waals surface area contributed by atoms with Crippen molar-refractivity contribution in [2.24, 2.45) is 12.5 Å². The predicted octanol–water partition coefficient (Wildman–Crippen LogP) is 7.14. The summed E-state index contributed by atoms with van der Waals surface area (Å²) in [4.78, 5) is 3.58. The Kier molecular flexibility index (Phi) is 3.45. The lowest BCUT2D eigenvalue weighted by Gasteiger charge is -2.19. The quantitative estimate of drug-likeness (QED) is 0.258. The zero-order chi connectivity index (χ0) is 26.1. The number of aromatic nitrogens is 1. The lowest BCUT2D eigenvalue weighted by molar-refractivity contribution is -0.666. The van der Waals surface area contributed by atoms with E-state index in [0.717, 1.165) is 11.4 Å². The molecule has 0 aliphatic heterocycles. The number of rotatable bonds is 2. The van der Waals surface area contributed by atoms with E-state index in [2.05, 4.69) is 4.85 Å². The molecule has 152 valence electrons. The first-order valence-electron chi connectivity index (χ1n) is 12.5. The summed E-state index contributed by atoms with van der Waals surface area (Å²) in [7, 11) is 1.90. The van der Waals surface area contributed by atoms with Gasteiger partial charge in [0.2, 0.25) is 11.4 Å². The van der Waals surface area contributed by atoms with Crippen LogP contribution in [0.4, 0.5) is 5.69 Å². The highest BCUT2D eigenvalue weighted by Crippen LogP contribution is 2.42. The fourth-order valence-corrected chi connectivity index (χ4v) is 4.04. The van der Waals surface area contributed by atoms with E-state index in [9.17, 15) is 0 Å². The van der Waals surface area contributed by atoms with Crippen LogP contribution < -0.4 is 4.57 Å². The SMILES string of the molecule is [2H]C([2H])([2H])c1cc(C)c(-c2cc(C([2H])([2H])C(C)(C)C)cc(C)[n+]2C)c2oc3c([N+]#[C-])cccc3c12. The fraction of sp³-hybridized carbons (Fsp3) is 0.333. The number of hydrogen-bond acceptors (Lipinski definition) is 1. The topological polar surface area (TPSA) is 21.4 Å². The van der Waals surface area contributed by atoms with Crippen LogP contribution in [0.15, 0.2) is 40.8 Å². The molecule has 0 saturated carbocycles. The maximum absolute atomic E-state index is 8.84. The third kappa shape index (κ3) is 3.27. The number of benzene rings is 2. The molecular formula is C27H29N2O+. The molecule has 0 unspecified atom stereocenters. The summed E-state index contributed by atoms with van der Waals surface area (Å²) < 4.78 is 50.5. The molecule has 0 fully saturated rings. The number of furan rings is 1. The molecule has 4 aromatic rings. The minimum atomic E-state index is -2.38. The number of para-hydroxylation sites is 1. The lowest BCUT2D eigenvalue weighted by Crippen LogP contribution is -2.35. The van der Waals surface area contributed by atoms with Crippen LogP contribution in [0.5, 0.6) is 0 Å². The molecule has 0 atom stereocenters. The van der Waals surface area contributed by atoms with Crippen molar-refractivity contribution < 1.29 is 15.8 Å². The molecule has 0 aliphatic carbocycles. The van der Waals surface area contributed by atoms with E-state index in [0.29, 0.717) is 44.3 Å². The van der Waals surface area contributed by atoms with Gasteiger partial charge in [0.15, 0.2) is 5.69 Å². The van der Waals surface area contributed by atoms with E-state index in [1.165, 1.54) is 0 Å². The van der Waals surface area contributed by atoms with Gasteiger partial charge in [0.1, 0.15) is 18.2 Å². The van der Waals surface area contributed by atoms with Crippen LogP contribution in [0, 0.1) is 32.7 Å². The van der Waals surface area contributed by atoms with Crippen molar-refractivity contribution in [3.05, 3.63) is 70.2 Å². The van der Waals surface area contributed by atoms with Gasteiger partial charge in [0.25, 0.3) is 0 Å². The fourth-order valence-electron chi connectivity index (χ4n) is 4.04. The van der Waals surface area contributed by atoms with Gasteiger partial charge < -0.3 is 4.42 Å². The third-order valence-electron chi connectivity index (χ3n) is 5.39. The molecule has 3 heteroatoms. The van der Waals surface area contributed by atoms with E-state index in [-0.39, 0.29) is 5.56 Å². The third-order valence-corrected chi connectivity index (χ3v) is 5.39. The van der Waals surface area contributed by atoms with Crippen LogP contribution in [0.25, 0.3) is 38.0 Å². The molecule has 0 spiro atoms. The molecule has 2 heterocycles. The first kappa shape index (κ1) is 14.8. The molecule has 2 aromatic carbocycles. The van der Waals surface area contributed by atoms with Crippen LogP contribution in [-0.4, -0.2) is 0 Å². The Morgan fingerprint density at radius 1 is 1.13 bits per heavy atom. The maximum Gasteiger partial charge on any atom is 0.229 e. The summed E-state index contributed by atoms with van der Waals surface area (Å²) in [6.07, 6.45) is -1.61. The second-order valence-corrected chi connectivity index (χ2v) is 8.89. The standard InChI is InChI=1S/C27H29N2O/c1-16-12-17(2)24(22-14-19(15-27(4,5)6)13-18(3)29(22)8)26-23(16)20-10-9-11-21(28-7)25(20)30-26/h9-14H,15H2,1-6,8H3/q+1/i1D3,15D2. The Morgan fingerprint density at radius 2 is 1.90 bits per heavy atom. The van der Waals surface area contributed by atoms with Crippen molar-refractivity contribution in [3.63, 3.8) is 0 Å². The molecule has 3 nitrogen and oxygen atoms in total. The second-order valence-electron chi connectivity index (χ2n) is 8.89. The van der Waals surface area contributed by atoms with Gasteiger partial charge in [0.05, 0.1) is 12.1 Å². The molecule has 0 radical (unpaired) electrons. The molecule has 0 aliphatic rings. The molecule has 2 aromatic heterocycles. The van der Waals surface area contributed by atoms with Crippen LogP contribution in [0.2, 0.25) is 0 Å². The average molecular weight is 403 g/mol. The predicted molar refractivity (Wildman–Crippen MR) is 124 cm³/mol. The van der Waals surface area contributed by atoms with Crippen LogP contribution in [0.1, 0.15) is 50.0 Å². The molecular weight excluding hydrogens is 368 g/mol. The van der Waals surface area contributed by atoms with E-state index in [4.69, 9.17) is 17.8 Å². The molecule has 0 saturated heterocycles.